The zero-order chi connectivity index (χ0) is 9.94. The largest absolute Gasteiger partial charge is 0.502 e. The van der Waals surface area contributed by atoms with Gasteiger partial charge in [0.1, 0.15) is 0 Å². The predicted octanol–water partition coefficient (Wildman–Crippen LogP) is 4.14. The van der Waals surface area contributed by atoms with E-state index in [0.717, 1.165) is 18.9 Å². The maximum atomic E-state index is 5.13. The van der Waals surface area contributed by atoms with E-state index < -0.39 is 0 Å². The van der Waals surface area contributed by atoms with Crippen LogP contribution in [0.25, 0.3) is 0 Å². The van der Waals surface area contributed by atoms with E-state index in [-0.39, 0.29) is 0 Å². The van der Waals surface area contributed by atoms with Crippen molar-refractivity contribution in [2.45, 2.75) is 52.9 Å². The fourth-order valence-electron chi connectivity index (χ4n) is 1.31. The molecule has 78 valence electrons. The average molecular weight is 184 g/mol. The topological polar surface area (TPSA) is 9.23 Å². The summed E-state index contributed by atoms with van der Waals surface area (Å²) in [5.41, 5.74) is 0. The lowest BCUT2D eigenvalue weighted by Crippen LogP contribution is -1.92. The summed E-state index contributed by atoms with van der Waals surface area (Å²) in [6.45, 7) is 7.35. The highest BCUT2D eigenvalue weighted by atomic mass is 16.5. The first-order valence-electron chi connectivity index (χ1n) is 5.57. The third kappa shape index (κ3) is 9.45. The van der Waals surface area contributed by atoms with Gasteiger partial charge in [0.15, 0.2) is 0 Å². The Hall–Kier alpha value is -0.460. The second kappa shape index (κ2) is 9.63. The highest BCUT2D eigenvalue weighted by Gasteiger charge is 1.98. The van der Waals surface area contributed by atoms with Gasteiger partial charge in [0.2, 0.25) is 0 Å². The molecule has 0 N–H and O–H groups in total. The van der Waals surface area contributed by atoms with Crippen molar-refractivity contribution in [1.29, 1.82) is 0 Å². The van der Waals surface area contributed by atoms with E-state index in [1.54, 1.807) is 0 Å². The summed E-state index contributed by atoms with van der Waals surface area (Å²) in [7, 11) is 0. The molecule has 0 spiro atoms. The molecule has 0 aromatic rings. The van der Waals surface area contributed by atoms with E-state index in [1.807, 2.05) is 13.2 Å². The molecule has 0 aromatic heterocycles. The first-order chi connectivity index (χ1) is 6.31. The molecular weight excluding hydrogens is 160 g/mol. The van der Waals surface area contributed by atoms with Crippen LogP contribution in [0.1, 0.15) is 52.9 Å². The quantitative estimate of drug-likeness (QED) is 0.407. The minimum atomic E-state index is 0.778. The SMILES string of the molecule is CCCCCC(C)C/C=C/OCC. The van der Waals surface area contributed by atoms with Gasteiger partial charge in [-0.25, -0.2) is 0 Å². The second-order valence-corrected chi connectivity index (χ2v) is 3.66. The molecule has 0 aliphatic heterocycles. The van der Waals surface area contributed by atoms with Crippen LogP contribution in [0.15, 0.2) is 12.3 Å². The molecule has 0 saturated carbocycles. The summed E-state index contributed by atoms with van der Waals surface area (Å²) in [6.07, 6.45) is 10.5. The monoisotopic (exact) mass is 184 g/mol. The highest BCUT2D eigenvalue weighted by Crippen LogP contribution is 2.13. The Morgan fingerprint density at radius 2 is 2.00 bits per heavy atom. The van der Waals surface area contributed by atoms with Crippen molar-refractivity contribution in [3.63, 3.8) is 0 Å². The lowest BCUT2D eigenvalue weighted by molar-refractivity contribution is 0.267. The molecule has 0 fully saturated rings. The van der Waals surface area contributed by atoms with Crippen molar-refractivity contribution in [2.75, 3.05) is 6.61 Å². The average Bonchev–Trinajstić information content (AvgIpc) is 2.13. The molecular formula is C12H24O. The summed E-state index contributed by atoms with van der Waals surface area (Å²) < 4.78 is 5.13. The lowest BCUT2D eigenvalue weighted by atomic mass is 10.0. The van der Waals surface area contributed by atoms with Crippen LogP contribution >= 0.6 is 0 Å². The molecule has 0 aliphatic carbocycles. The van der Waals surface area contributed by atoms with E-state index >= 15 is 0 Å². The van der Waals surface area contributed by atoms with Gasteiger partial charge >= 0.3 is 0 Å². The standard InChI is InChI=1S/C12H24O/c1-4-6-7-9-12(3)10-8-11-13-5-2/h8,11-12H,4-7,9-10H2,1-3H3/b11-8+. The molecule has 0 aliphatic rings. The van der Waals surface area contributed by atoms with E-state index in [9.17, 15) is 0 Å². The molecule has 1 unspecified atom stereocenters. The third-order valence-corrected chi connectivity index (χ3v) is 2.20. The van der Waals surface area contributed by atoms with Crippen LogP contribution < -0.4 is 0 Å². The van der Waals surface area contributed by atoms with Crippen molar-refractivity contribution in [3.05, 3.63) is 12.3 Å². The van der Waals surface area contributed by atoms with Gasteiger partial charge in [-0.15, -0.1) is 0 Å². The molecule has 0 heterocycles. The van der Waals surface area contributed by atoms with Crippen LogP contribution in [0.5, 0.6) is 0 Å². The van der Waals surface area contributed by atoms with Crippen LogP contribution in [-0.4, -0.2) is 6.61 Å². The van der Waals surface area contributed by atoms with Gasteiger partial charge in [0.25, 0.3) is 0 Å². The molecule has 0 amide bonds. The zero-order valence-electron chi connectivity index (χ0n) is 9.38. The number of hydrogen-bond donors (Lipinski definition) is 0. The van der Waals surface area contributed by atoms with Crippen molar-refractivity contribution in [2.24, 2.45) is 5.92 Å². The van der Waals surface area contributed by atoms with Gasteiger partial charge < -0.3 is 4.74 Å². The number of allylic oxidation sites excluding steroid dienone is 1. The van der Waals surface area contributed by atoms with Gasteiger partial charge in [-0.3, -0.25) is 0 Å². The fourth-order valence-corrected chi connectivity index (χ4v) is 1.31. The Labute approximate surface area is 83.2 Å². The lowest BCUT2D eigenvalue weighted by Gasteiger charge is -2.07. The Bertz CT molecular complexity index is 118. The highest BCUT2D eigenvalue weighted by molar-refractivity contribution is 4.76. The second-order valence-electron chi connectivity index (χ2n) is 3.66. The van der Waals surface area contributed by atoms with Gasteiger partial charge in [-0.1, -0.05) is 39.5 Å². The Morgan fingerprint density at radius 1 is 1.23 bits per heavy atom. The maximum absolute atomic E-state index is 5.13. The molecule has 13 heavy (non-hydrogen) atoms. The summed E-state index contributed by atoms with van der Waals surface area (Å²) in [6, 6.07) is 0. The molecule has 0 rings (SSSR count). The van der Waals surface area contributed by atoms with Crippen LogP contribution in [-0.2, 0) is 4.74 Å². The number of ether oxygens (including phenoxy) is 1. The minimum Gasteiger partial charge on any atom is -0.502 e. The van der Waals surface area contributed by atoms with E-state index in [1.165, 1.54) is 25.7 Å². The smallest absolute Gasteiger partial charge is 0.0845 e. The fraction of sp³-hybridized carbons (Fsp3) is 0.833. The molecule has 0 bridgehead atoms. The van der Waals surface area contributed by atoms with E-state index in [0.29, 0.717) is 0 Å². The van der Waals surface area contributed by atoms with Gasteiger partial charge in [-0.2, -0.15) is 0 Å². The van der Waals surface area contributed by atoms with E-state index in [4.69, 9.17) is 4.74 Å². The summed E-state index contributed by atoms with van der Waals surface area (Å²) in [5, 5.41) is 0. The molecule has 1 nitrogen and oxygen atoms in total. The summed E-state index contributed by atoms with van der Waals surface area (Å²) in [4.78, 5) is 0. The molecule has 1 heteroatoms. The van der Waals surface area contributed by atoms with Crippen LogP contribution in [0.3, 0.4) is 0 Å². The zero-order valence-corrected chi connectivity index (χ0v) is 9.38. The number of rotatable bonds is 8. The van der Waals surface area contributed by atoms with Crippen molar-refractivity contribution < 1.29 is 4.74 Å². The molecule has 0 saturated heterocycles. The van der Waals surface area contributed by atoms with Crippen molar-refractivity contribution in [3.8, 4) is 0 Å². The first kappa shape index (κ1) is 12.5. The molecule has 0 radical (unpaired) electrons. The predicted molar refractivity (Wildman–Crippen MR) is 58.7 cm³/mol. The Balaban J connectivity index is 3.23. The van der Waals surface area contributed by atoms with Crippen molar-refractivity contribution >= 4 is 0 Å². The third-order valence-electron chi connectivity index (χ3n) is 2.20. The summed E-state index contributed by atoms with van der Waals surface area (Å²) >= 11 is 0. The molecule has 1 atom stereocenters. The molecule has 0 aromatic carbocycles. The maximum Gasteiger partial charge on any atom is 0.0845 e. The minimum absolute atomic E-state index is 0.778. The van der Waals surface area contributed by atoms with Crippen LogP contribution in [0.2, 0.25) is 0 Å². The van der Waals surface area contributed by atoms with Crippen LogP contribution in [0.4, 0.5) is 0 Å². The number of unbranched alkanes of at least 4 members (excludes halogenated alkanes) is 2. The van der Waals surface area contributed by atoms with Gasteiger partial charge in [0.05, 0.1) is 12.9 Å². The van der Waals surface area contributed by atoms with Crippen LogP contribution in [0, 0.1) is 5.92 Å². The Kier molecular flexibility index (Phi) is 9.29. The normalized spacial score (nSPS) is 13.5. The Morgan fingerprint density at radius 3 is 2.62 bits per heavy atom. The van der Waals surface area contributed by atoms with Gasteiger partial charge in [-0.05, 0) is 25.3 Å². The van der Waals surface area contributed by atoms with Gasteiger partial charge in [0, 0.05) is 0 Å². The first-order valence-corrected chi connectivity index (χ1v) is 5.57. The van der Waals surface area contributed by atoms with E-state index in [2.05, 4.69) is 19.9 Å². The summed E-state index contributed by atoms with van der Waals surface area (Å²) in [5.74, 6) is 0.809. The van der Waals surface area contributed by atoms with Crippen molar-refractivity contribution in [1.82, 2.24) is 0 Å². The number of hydrogen-bond acceptors (Lipinski definition) is 1.